The molecule has 2 aromatic heterocycles. The number of hydrogen-bond donors (Lipinski definition) is 1. The lowest BCUT2D eigenvalue weighted by molar-refractivity contribution is 0.0689. The number of aromatic nitrogens is 3. The van der Waals surface area contributed by atoms with Crippen LogP contribution in [0.5, 0.6) is 0 Å². The molecule has 0 bridgehead atoms. The second-order valence-corrected chi connectivity index (χ2v) is 3.45. The van der Waals surface area contributed by atoms with E-state index in [9.17, 15) is 4.79 Å². The van der Waals surface area contributed by atoms with Crippen molar-refractivity contribution in [1.29, 1.82) is 0 Å². The van der Waals surface area contributed by atoms with Crippen molar-refractivity contribution in [1.82, 2.24) is 14.8 Å². The lowest BCUT2D eigenvalue weighted by Gasteiger charge is -2.06. The standard InChI is InChI=1S/C11H11N3O2/c1-8-4-6-13-14(8)7-9-3-2-5-12-10(9)11(15)16/h2-6H,7H2,1H3,(H,15,16). The predicted octanol–water partition coefficient (Wildman–Crippen LogP) is 1.33. The Balaban J connectivity index is 2.35. The van der Waals surface area contributed by atoms with Crippen molar-refractivity contribution in [2.75, 3.05) is 0 Å². The van der Waals surface area contributed by atoms with Crippen LogP contribution in [0.2, 0.25) is 0 Å². The van der Waals surface area contributed by atoms with Crippen LogP contribution >= 0.6 is 0 Å². The zero-order valence-corrected chi connectivity index (χ0v) is 8.79. The summed E-state index contributed by atoms with van der Waals surface area (Å²) < 4.78 is 1.74. The molecule has 2 aromatic rings. The van der Waals surface area contributed by atoms with Crippen LogP contribution in [0.4, 0.5) is 0 Å². The zero-order valence-electron chi connectivity index (χ0n) is 8.79. The molecule has 2 rings (SSSR count). The first-order valence-electron chi connectivity index (χ1n) is 4.84. The third-order valence-electron chi connectivity index (χ3n) is 2.34. The van der Waals surface area contributed by atoms with E-state index in [1.807, 2.05) is 13.0 Å². The van der Waals surface area contributed by atoms with Gasteiger partial charge in [0.2, 0.25) is 0 Å². The number of nitrogens with zero attached hydrogens (tertiary/aromatic N) is 3. The van der Waals surface area contributed by atoms with Crippen molar-refractivity contribution in [3.05, 3.63) is 47.5 Å². The van der Waals surface area contributed by atoms with Crippen molar-refractivity contribution in [3.63, 3.8) is 0 Å². The van der Waals surface area contributed by atoms with Crippen LogP contribution in [-0.4, -0.2) is 25.8 Å². The van der Waals surface area contributed by atoms with Crippen molar-refractivity contribution < 1.29 is 9.90 Å². The maximum Gasteiger partial charge on any atom is 0.354 e. The summed E-state index contributed by atoms with van der Waals surface area (Å²) in [5, 5.41) is 13.1. The van der Waals surface area contributed by atoms with Crippen LogP contribution in [0.25, 0.3) is 0 Å². The normalized spacial score (nSPS) is 10.3. The van der Waals surface area contributed by atoms with Gasteiger partial charge in [-0.2, -0.15) is 5.10 Å². The summed E-state index contributed by atoms with van der Waals surface area (Å²) >= 11 is 0. The quantitative estimate of drug-likeness (QED) is 0.842. The van der Waals surface area contributed by atoms with Gasteiger partial charge in [-0.25, -0.2) is 9.78 Å². The number of rotatable bonds is 3. The van der Waals surface area contributed by atoms with E-state index in [4.69, 9.17) is 5.11 Å². The SMILES string of the molecule is Cc1ccnn1Cc1cccnc1C(=O)O. The summed E-state index contributed by atoms with van der Waals surface area (Å²) in [7, 11) is 0. The van der Waals surface area contributed by atoms with E-state index >= 15 is 0 Å². The molecule has 0 amide bonds. The zero-order chi connectivity index (χ0) is 11.5. The average molecular weight is 217 g/mol. The van der Waals surface area contributed by atoms with Gasteiger partial charge in [0, 0.05) is 23.7 Å². The van der Waals surface area contributed by atoms with E-state index in [0.717, 1.165) is 5.69 Å². The number of aromatic carboxylic acids is 1. The van der Waals surface area contributed by atoms with Crippen molar-refractivity contribution in [2.24, 2.45) is 0 Å². The van der Waals surface area contributed by atoms with Crippen LogP contribution in [-0.2, 0) is 6.54 Å². The van der Waals surface area contributed by atoms with Crippen LogP contribution < -0.4 is 0 Å². The summed E-state index contributed by atoms with van der Waals surface area (Å²) in [5.41, 5.74) is 1.72. The Morgan fingerprint density at radius 3 is 2.88 bits per heavy atom. The smallest absolute Gasteiger partial charge is 0.354 e. The number of carbonyl (C=O) groups is 1. The third kappa shape index (κ3) is 1.93. The fourth-order valence-electron chi connectivity index (χ4n) is 1.48. The monoisotopic (exact) mass is 217 g/mol. The maximum absolute atomic E-state index is 10.9. The molecular formula is C11H11N3O2. The van der Waals surface area contributed by atoms with Crippen LogP contribution in [0.1, 0.15) is 21.7 Å². The maximum atomic E-state index is 10.9. The molecule has 82 valence electrons. The van der Waals surface area contributed by atoms with Crippen LogP contribution in [0.15, 0.2) is 30.6 Å². The summed E-state index contributed by atoms with van der Waals surface area (Å²) in [6.45, 7) is 2.35. The first-order chi connectivity index (χ1) is 7.68. The molecule has 0 aliphatic heterocycles. The Morgan fingerprint density at radius 2 is 2.25 bits per heavy atom. The van der Waals surface area contributed by atoms with Gasteiger partial charge in [0.15, 0.2) is 5.69 Å². The summed E-state index contributed by atoms with van der Waals surface area (Å²) in [5.74, 6) is -1.01. The van der Waals surface area contributed by atoms with Gasteiger partial charge in [-0.3, -0.25) is 4.68 Å². The minimum Gasteiger partial charge on any atom is -0.477 e. The van der Waals surface area contributed by atoms with Gasteiger partial charge < -0.3 is 5.11 Å². The van der Waals surface area contributed by atoms with E-state index < -0.39 is 5.97 Å². The molecule has 0 atom stereocenters. The average Bonchev–Trinajstić information content (AvgIpc) is 2.65. The Labute approximate surface area is 92.4 Å². The van der Waals surface area contributed by atoms with Gasteiger partial charge >= 0.3 is 5.97 Å². The molecule has 0 unspecified atom stereocenters. The van der Waals surface area contributed by atoms with Crippen LogP contribution in [0.3, 0.4) is 0 Å². The van der Waals surface area contributed by atoms with E-state index in [2.05, 4.69) is 10.1 Å². The molecule has 0 aromatic carbocycles. The van der Waals surface area contributed by atoms with Crippen molar-refractivity contribution in [3.8, 4) is 0 Å². The van der Waals surface area contributed by atoms with Gasteiger partial charge in [0.05, 0.1) is 6.54 Å². The lowest BCUT2D eigenvalue weighted by atomic mass is 10.2. The summed E-state index contributed by atoms with van der Waals surface area (Å²) in [6, 6.07) is 5.34. The molecule has 0 radical (unpaired) electrons. The predicted molar refractivity (Wildman–Crippen MR) is 57.3 cm³/mol. The van der Waals surface area contributed by atoms with Crippen LogP contribution in [0, 0.1) is 6.92 Å². The van der Waals surface area contributed by atoms with E-state index in [-0.39, 0.29) is 5.69 Å². The highest BCUT2D eigenvalue weighted by atomic mass is 16.4. The molecule has 5 heteroatoms. The summed E-state index contributed by atoms with van der Waals surface area (Å²) in [6.07, 6.45) is 3.16. The Morgan fingerprint density at radius 1 is 1.44 bits per heavy atom. The molecule has 16 heavy (non-hydrogen) atoms. The highest BCUT2D eigenvalue weighted by molar-refractivity contribution is 5.86. The molecule has 0 saturated carbocycles. The molecule has 0 spiro atoms. The number of carboxylic acids is 1. The van der Waals surface area contributed by atoms with Gasteiger partial charge in [-0.15, -0.1) is 0 Å². The topological polar surface area (TPSA) is 68.0 Å². The number of carboxylic acid groups (broad SMARTS) is 1. The van der Waals surface area contributed by atoms with E-state index in [1.54, 1.807) is 23.0 Å². The molecule has 0 aliphatic rings. The molecule has 2 heterocycles. The Kier molecular flexibility index (Phi) is 2.68. The minimum atomic E-state index is -1.01. The lowest BCUT2D eigenvalue weighted by Crippen LogP contribution is -2.10. The number of aryl methyl sites for hydroxylation is 1. The largest absolute Gasteiger partial charge is 0.477 e. The third-order valence-corrected chi connectivity index (χ3v) is 2.34. The van der Waals surface area contributed by atoms with Gasteiger partial charge in [-0.1, -0.05) is 6.07 Å². The molecule has 0 aliphatic carbocycles. The molecule has 0 fully saturated rings. The highest BCUT2D eigenvalue weighted by Gasteiger charge is 2.11. The Hall–Kier alpha value is -2.17. The molecule has 0 saturated heterocycles. The second kappa shape index (κ2) is 4.14. The van der Waals surface area contributed by atoms with Gasteiger partial charge in [0.25, 0.3) is 0 Å². The summed E-state index contributed by atoms with van der Waals surface area (Å²) in [4.78, 5) is 14.8. The van der Waals surface area contributed by atoms with Crippen molar-refractivity contribution >= 4 is 5.97 Å². The number of hydrogen-bond acceptors (Lipinski definition) is 3. The van der Waals surface area contributed by atoms with E-state index in [1.165, 1.54) is 6.20 Å². The Bertz CT molecular complexity index is 519. The van der Waals surface area contributed by atoms with E-state index in [0.29, 0.717) is 12.1 Å². The number of pyridine rings is 1. The molecular weight excluding hydrogens is 206 g/mol. The molecule has 1 N–H and O–H groups in total. The van der Waals surface area contributed by atoms with Gasteiger partial charge in [-0.05, 0) is 19.1 Å². The second-order valence-electron chi connectivity index (χ2n) is 3.45. The fourth-order valence-corrected chi connectivity index (χ4v) is 1.48. The molecule has 5 nitrogen and oxygen atoms in total. The first-order valence-corrected chi connectivity index (χ1v) is 4.84. The highest BCUT2D eigenvalue weighted by Crippen LogP contribution is 2.08. The van der Waals surface area contributed by atoms with Crippen molar-refractivity contribution in [2.45, 2.75) is 13.5 Å². The fraction of sp³-hybridized carbons (Fsp3) is 0.182. The minimum absolute atomic E-state index is 0.0809. The first kappa shape index (κ1) is 10.4. The van der Waals surface area contributed by atoms with Gasteiger partial charge in [0.1, 0.15) is 0 Å².